The lowest BCUT2D eigenvalue weighted by molar-refractivity contribution is -0.125. The highest BCUT2D eigenvalue weighted by molar-refractivity contribution is 9.10. The molecule has 3 N–H and O–H groups in total. The minimum atomic E-state index is 0. The van der Waals surface area contributed by atoms with Gasteiger partial charge in [-0.3, -0.25) is 4.79 Å². The van der Waals surface area contributed by atoms with Crippen LogP contribution in [0.5, 0.6) is 0 Å². The summed E-state index contributed by atoms with van der Waals surface area (Å²) >= 11 is 3.45. The molecule has 0 aliphatic carbocycles. The van der Waals surface area contributed by atoms with E-state index in [0.717, 1.165) is 17.3 Å². The van der Waals surface area contributed by atoms with Crippen LogP contribution < -0.4 is 11.1 Å². The van der Waals surface area contributed by atoms with E-state index in [-0.39, 0.29) is 30.3 Å². The van der Waals surface area contributed by atoms with Crippen LogP contribution in [-0.4, -0.2) is 18.5 Å². The second-order valence-electron chi connectivity index (χ2n) is 4.58. The van der Waals surface area contributed by atoms with Crippen molar-refractivity contribution in [2.75, 3.05) is 6.54 Å². The zero-order valence-electron chi connectivity index (χ0n) is 11.4. The first kappa shape index (κ1) is 18.4. The summed E-state index contributed by atoms with van der Waals surface area (Å²) in [5.74, 6) is 0.101. The van der Waals surface area contributed by atoms with Crippen LogP contribution in [0.2, 0.25) is 0 Å². The molecule has 0 spiro atoms. The quantitative estimate of drug-likeness (QED) is 0.829. The predicted octanol–water partition coefficient (Wildman–Crippen LogP) is 2.90. The molecule has 5 heteroatoms. The second kappa shape index (κ2) is 9.34. The van der Waals surface area contributed by atoms with Crippen molar-refractivity contribution in [3.63, 3.8) is 0 Å². The molecule has 0 fully saturated rings. The zero-order chi connectivity index (χ0) is 13.5. The molecule has 0 radical (unpaired) electrons. The molecule has 1 aromatic rings. The van der Waals surface area contributed by atoms with E-state index in [4.69, 9.17) is 5.73 Å². The Hall–Kier alpha value is -0.580. The first-order valence-corrected chi connectivity index (χ1v) is 7.11. The third-order valence-electron chi connectivity index (χ3n) is 2.98. The summed E-state index contributed by atoms with van der Waals surface area (Å²) in [5.41, 5.74) is 6.69. The Bertz CT molecular complexity index is 401. The molecule has 108 valence electrons. The summed E-state index contributed by atoms with van der Waals surface area (Å²) in [6, 6.07) is 8.12. The van der Waals surface area contributed by atoms with Gasteiger partial charge in [-0.25, -0.2) is 0 Å². The van der Waals surface area contributed by atoms with Crippen LogP contribution in [-0.2, 0) is 11.2 Å². The zero-order valence-corrected chi connectivity index (χ0v) is 13.8. The summed E-state index contributed by atoms with van der Waals surface area (Å²) in [6.07, 6.45) is 1.59. The van der Waals surface area contributed by atoms with Gasteiger partial charge in [-0.2, -0.15) is 0 Å². The molecule has 0 aromatic heterocycles. The molecule has 0 bridgehead atoms. The molecule has 1 amide bonds. The fraction of sp³-hybridized carbons (Fsp3) is 0.500. The molecule has 1 aromatic carbocycles. The minimum absolute atomic E-state index is 0. The highest BCUT2D eigenvalue weighted by Crippen LogP contribution is 2.17. The number of halogens is 2. The first-order chi connectivity index (χ1) is 8.56. The summed E-state index contributed by atoms with van der Waals surface area (Å²) in [6.45, 7) is 4.43. The molecular weight excluding hydrogens is 328 g/mol. The Morgan fingerprint density at radius 2 is 2.16 bits per heavy atom. The standard InChI is InChI=1S/C14H21BrN2O.ClH/c1-3-12(14(18)17-10(2)9-16)7-11-5-4-6-13(15)8-11;/h4-6,8,10,12H,3,7,9,16H2,1-2H3,(H,17,18);1H/t10-,12?;/m0./s1. The minimum Gasteiger partial charge on any atom is -0.352 e. The first-order valence-electron chi connectivity index (χ1n) is 6.31. The Kier molecular flexibility index (Phi) is 9.06. The second-order valence-corrected chi connectivity index (χ2v) is 5.50. The molecule has 1 unspecified atom stereocenters. The number of amides is 1. The number of benzene rings is 1. The maximum absolute atomic E-state index is 12.1. The summed E-state index contributed by atoms with van der Waals surface area (Å²) in [4.78, 5) is 12.1. The van der Waals surface area contributed by atoms with E-state index in [9.17, 15) is 4.79 Å². The SMILES string of the molecule is CCC(Cc1cccc(Br)c1)C(=O)N[C@@H](C)CN.Cl. The van der Waals surface area contributed by atoms with Crippen molar-refractivity contribution in [2.24, 2.45) is 11.7 Å². The normalized spacial score (nSPS) is 13.3. The average Bonchev–Trinajstić information content (AvgIpc) is 2.35. The number of nitrogens with one attached hydrogen (secondary N) is 1. The molecule has 0 aliphatic rings. The van der Waals surface area contributed by atoms with Gasteiger partial charge in [0.1, 0.15) is 0 Å². The van der Waals surface area contributed by atoms with E-state index in [1.165, 1.54) is 5.56 Å². The maximum atomic E-state index is 12.1. The van der Waals surface area contributed by atoms with Crippen molar-refractivity contribution in [3.05, 3.63) is 34.3 Å². The van der Waals surface area contributed by atoms with Gasteiger partial charge in [0.05, 0.1) is 0 Å². The Morgan fingerprint density at radius 1 is 1.47 bits per heavy atom. The van der Waals surface area contributed by atoms with Crippen molar-refractivity contribution < 1.29 is 4.79 Å². The molecule has 0 aliphatic heterocycles. The van der Waals surface area contributed by atoms with Crippen LogP contribution in [0.1, 0.15) is 25.8 Å². The Balaban J connectivity index is 0.00000324. The number of carbonyl (C=O) groups is 1. The van der Waals surface area contributed by atoms with Gasteiger partial charge in [-0.15, -0.1) is 12.4 Å². The van der Waals surface area contributed by atoms with E-state index >= 15 is 0 Å². The Labute approximate surface area is 129 Å². The molecule has 1 rings (SSSR count). The monoisotopic (exact) mass is 348 g/mol. The molecule has 0 saturated carbocycles. The van der Waals surface area contributed by atoms with Crippen molar-refractivity contribution in [3.8, 4) is 0 Å². The van der Waals surface area contributed by atoms with Crippen LogP contribution >= 0.6 is 28.3 Å². The topological polar surface area (TPSA) is 55.1 Å². The van der Waals surface area contributed by atoms with E-state index in [1.807, 2.05) is 32.0 Å². The summed E-state index contributed by atoms with van der Waals surface area (Å²) in [7, 11) is 0. The van der Waals surface area contributed by atoms with E-state index < -0.39 is 0 Å². The van der Waals surface area contributed by atoms with Gasteiger partial charge in [0.15, 0.2) is 0 Å². The van der Waals surface area contributed by atoms with Crippen LogP contribution in [0, 0.1) is 5.92 Å². The highest BCUT2D eigenvalue weighted by atomic mass is 79.9. The van der Waals surface area contributed by atoms with Gasteiger partial charge in [-0.1, -0.05) is 35.0 Å². The lowest BCUT2D eigenvalue weighted by atomic mass is 9.96. The number of rotatable bonds is 6. The van der Waals surface area contributed by atoms with Gasteiger partial charge in [0.2, 0.25) is 5.91 Å². The molecular formula is C14H22BrClN2O. The van der Waals surface area contributed by atoms with E-state index in [2.05, 4.69) is 27.3 Å². The van der Waals surface area contributed by atoms with Crippen molar-refractivity contribution in [2.45, 2.75) is 32.7 Å². The van der Waals surface area contributed by atoms with Gasteiger partial charge in [0.25, 0.3) is 0 Å². The summed E-state index contributed by atoms with van der Waals surface area (Å²) < 4.78 is 1.05. The van der Waals surface area contributed by atoms with Crippen LogP contribution in [0.25, 0.3) is 0 Å². The van der Waals surface area contributed by atoms with Gasteiger partial charge in [0, 0.05) is 23.0 Å². The van der Waals surface area contributed by atoms with Crippen LogP contribution in [0.3, 0.4) is 0 Å². The lowest BCUT2D eigenvalue weighted by Gasteiger charge is -2.18. The smallest absolute Gasteiger partial charge is 0.223 e. The largest absolute Gasteiger partial charge is 0.352 e. The molecule has 19 heavy (non-hydrogen) atoms. The number of hydrogen-bond donors (Lipinski definition) is 2. The number of hydrogen-bond acceptors (Lipinski definition) is 2. The van der Waals surface area contributed by atoms with E-state index in [1.54, 1.807) is 0 Å². The Morgan fingerprint density at radius 3 is 2.68 bits per heavy atom. The highest BCUT2D eigenvalue weighted by Gasteiger charge is 2.18. The van der Waals surface area contributed by atoms with Gasteiger partial charge >= 0.3 is 0 Å². The van der Waals surface area contributed by atoms with Gasteiger partial charge < -0.3 is 11.1 Å². The predicted molar refractivity (Wildman–Crippen MR) is 85.5 cm³/mol. The molecule has 0 heterocycles. The summed E-state index contributed by atoms with van der Waals surface area (Å²) in [5, 5.41) is 2.94. The van der Waals surface area contributed by atoms with E-state index in [0.29, 0.717) is 6.54 Å². The average molecular weight is 350 g/mol. The molecule has 2 atom stereocenters. The molecule has 3 nitrogen and oxygen atoms in total. The molecule has 0 saturated heterocycles. The van der Waals surface area contributed by atoms with Crippen molar-refractivity contribution >= 4 is 34.2 Å². The van der Waals surface area contributed by atoms with Gasteiger partial charge in [-0.05, 0) is 37.5 Å². The van der Waals surface area contributed by atoms with Crippen LogP contribution in [0.4, 0.5) is 0 Å². The number of nitrogens with two attached hydrogens (primary N) is 1. The lowest BCUT2D eigenvalue weighted by Crippen LogP contribution is -2.41. The van der Waals surface area contributed by atoms with Crippen molar-refractivity contribution in [1.82, 2.24) is 5.32 Å². The fourth-order valence-electron chi connectivity index (χ4n) is 1.79. The van der Waals surface area contributed by atoms with Crippen molar-refractivity contribution in [1.29, 1.82) is 0 Å². The maximum Gasteiger partial charge on any atom is 0.223 e. The van der Waals surface area contributed by atoms with Crippen LogP contribution in [0.15, 0.2) is 28.7 Å². The third kappa shape index (κ3) is 6.41. The number of carbonyl (C=O) groups excluding carboxylic acids is 1. The third-order valence-corrected chi connectivity index (χ3v) is 3.47. The fourth-order valence-corrected chi connectivity index (χ4v) is 2.24.